The molecule has 0 aliphatic rings. The van der Waals surface area contributed by atoms with Crippen LogP contribution in [0.5, 0.6) is 0 Å². The fourth-order valence-electron chi connectivity index (χ4n) is 1.45. The van der Waals surface area contributed by atoms with Gasteiger partial charge in [-0.25, -0.2) is 0 Å². The lowest BCUT2D eigenvalue weighted by atomic mass is 10.2. The number of guanidine groups is 1. The average Bonchev–Trinajstić information content (AvgIpc) is 2.38. The molecule has 5 heteroatoms. The second kappa shape index (κ2) is 14.3. The van der Waals surface area contributed by atoms with Crippen molar-refractivity contribution in [2.45, 2.75) is 33.1 Å². The summed E-state index contributed by atoms with van der Waals surface area (Å²) in [6.45, 7) is 8.92. The van der Waals surface area contributed by atoms with E-state index < -0.39 is 0 Å². The predicted molar refractivity (Wildman–Crippen MR) is 76.2 cm³/mol. The van der Waals surface area contributed by atoms with Crippen LogP contribution in [-0.4, -0.2) is 52.5 Å². The Morgan fingerprint density at radius 1 is 1.06 bits per heavy atom. The average molecular weight is 259 g/mol. The maximum atomic E-state index is 5.27. The summed E-state index contributed by atoms with van der Waals surface area (Å²) in [5.41, 5.74) is 0. The van der Waals surface area contributed by atoms with E-state index in [0.717, 1.165) is 64.7 Å². The van der Waals surface area contributed by atoms with Crippen LogP contribution in [0.1, 0.15) is 33.1 Å². The number of nitrogens with zero attached hydrogens (tertiary/aromatic N) is 1. The van der Waals surface area contributed by atoms with Crippen molar-refractivity contribution in [1.29, 1.82) is 0 Å². The standard InChI is InChI=1S/C13H29N3O2/c1-4-14-13(16-10-12-18-5-2)15-9-7-6-8-11-17-3/h4-12H2,1-3H3,(H2,14,15,16). The molecule has 18 heavy (non-hydrogen) atoms. The molecule has 0 saturated heterocycles. The van der Waals surface area contributed by atoms with E-state index in [1.54, 1.807) is 7.11 Å². The van der Waals surface area contributed by atoms with E-state index in [2.05, 4.69) is 22.5 Å². The van der Waals surface area contributed by atoms with Gasteiger partial charge in [-0.15, -0.1) is 0 Å². The number of aliphatic imine (C=N–C) groups is 1. The zero-order chi connectivity index (χ0) is 13.5. The van der Waals surface area contributed by atoms with Gasteiger partial charge in [0.1, 0.15) is 0 Å². The third-order valence-corrected chi connectivity index (χ3v) is 2.36. The van der Waals surface area contributed by atoms with Crippen LogP contribution < -0.4 is 10.6 Å². The summed E-state index contributed by atoms with van der Waals surface area (Å²) in [6, 6.07) is 0. The van der Waals surface area contributed by atoms with E-state index in [0.29, 0.717) is 0 Å². The summed E-state index contributed by atoms with van der Waals surface area (Å²) in [5, 5.41) is 6.47. The van der Waals surface area contributed by atoms with Gasteiger partial charge in [-0.1, -0.05) is 0 Å². The van der Waals surface area contributed by atoms with Crippen molar-refractivity contribution in [3.63, 3.8) is 0 Å². The SMILES string of the molecule is CCNC(=NCCCCCOC)NCCOCC. The highest BCUT2D eigenvalue weighted by molar-refractivity contribution is 5.79. The first-order chi connectivity index (χ1) is 8.85. The predicted octanol–water partition coefficient (Wildman–Crippen LogP) is 1.39. The summed E-state index contributed by atoms with van der Waals surface area (Å²) in [4.78, 5) is 4.51. The Morgan fingerprint density at radius 3 is 2.56 bits per heavy atom. The Morgan fingerprint density at radius 2 is 1.89 bits per heavy atom. The number of rotatable bonds is 11. The van der Waals surface area contributed by atoms with Gasteiger partial charge < -0.3 is 20.1 Å². The molecular weight excluding hydrogens is 230 g/mol. The first kappa shape index (κ1) is 17.2. The minimum absolute atomic E-state index is 0.717. The minimum Gasteiger partial charge on any atom is -0.385 e. The van der Waals surface area contributed by atoms with Gasteiger partial charge in [-0.3, -0.25) is 4.99 Å². The molecule has 0 rings (SSSR count). The van der Waals surface area contributed by atoms with Crippen LogP contribution in [0.2, 0.25) is 0 Å². The van der Waals surface area contributed by atoms with E-state index in [1.807, 2.05) is 6.92 Å². The molecule has 0 fully saturated rings. The fraction of sp³-hybridized carbons (Fsp3) is 0.923. The molecule has 0 saturated carbocycles. The Balaban J connectivity index is 3.64. The molecule has 0 aliphatic carbocycles. The Labute approximate surface area is 111 Å². The highest BCUT2D eigenvalue weighted by atomic mass is 16.5. The second-order valence-electron chi connectivity index (χ2n) is 3.94. The number of unbranched alkanes of at least 4 members (excludes halogenated alkanes) is 2. The highest BCUT2D eigenvalue weighted by Gasteiger charge is 1.96. The summed E-state index contributed by atoms with van der Waals surface area (Å²) < 4.78 is 10.3. The molecule has 0 heterocycles. The summed E-state index contributed by atoms with van der Waals surface area (Å²) in [5.74, 6) is 0.879. The number of hydrogen-bond acceptors (Lipinski definition) is 3. The van der Waals surface area contributed by atoms with Gasteiger partial charge in [0.15, 0.2) is 5.96 Å². The molecular formula is C13H29N3O2. The van der Waals surface area contributed by atoms with E-state index >= 15 is 0 Å². The van der Waals surface area contributed by atoms with Crippen molar-refractivity contribution < 1.29 is 9.47 Å². The molecule has 0 unspecified atom stereocenters. The molecule has 0 atom stereocenters. The van der Waals surface area contributed by atoms with Crippen molar-refractivity contribution in [3.8, 4) is 0 Å². The zero-order valence-corrected chi connectivity index (χ0v) is 12.1. The summed E-state index contributed by atoms with van der Waals surface area (Å²) in [6.07, 6.45) is 3.38. The smallest absolute Gasteiger partial charge is 0.191 e. The molecule has 0 spiro atoms. The van der Waals surface area contributed by atoms with Crippen molar-refractivity contribution >= 4 is 5.96 Å². The number of nitrogens with one attached hydrogen (secondary N) is 2. The Bertz CT molecular complexity index is 199. The Hall–Kier alpha value is -0.810. The van der Waals surface area contributed by atoms with Gasteiger partial charge in [0.2, 0.25) is 0 Å². The topological polar surface area (TPSA) is 54.9 Å². The normalized spacial score (nSPS) is 11.6. The van der Waals surface area contributed by atoms with Crippen LogP contribution in [0.3, 0.4) is 0 Å². The molecule has 2 N–H and O–H groups in total. The van der Waals surface area contributed by atoms with Gasteiger partial charge in [-0.2, -0.15) is 0 Å². The number of methoxy groups -OCH3 is 1. The van der Waals surface area contributed by atoms with E-state index in [4.69, 9.17) is 9.47 Å². The molecule has 5 nitrogen and oxygen atoms in total. The molecule has 0 aliphatic heterocycles. The van der Waals surface area contributed by atoms with Crippen LogP contribution in [0.25, 0.3) is 0 Å². The largest absolute Gasteiger partial charge is 0.385 e. The molecule has 0 radical (unpaired) electrons. The van der Waals surface area contributed by atoms with Crippen molar-refractivity contribution in [2.24, 2.45) is 4.99 Å². The lowest BCUT2D eigenvalue weighted by molar-refractivity contribution is 0.152. The fourth-order valence-corrected chi connectivity index (χ4v) is 1.45. The van der Waals surface area contributed by atoms with E-state index in [-0.39, 0.29) is 0 Å². The highest BCUT2D eigenvalue weighted by Crippen LogP contribution is 1.95. The maximum absolute atomic E-state index is 5.27. The Kier molecular flexibility index (Phi) is 13.6. The minimum atomic E-state index is 0.717. The second-order valence-corrected chi connectivity index (χ2v) is 3.94. The quantitative estimate of drug-likeness (QED) is 0.334. The van der Waals surface area contributed by atoms with Gasteiger partial charge in [-0.05, 0) is 33.1 Å². The zero-order valence-electron chi connectivity index (χ0n) is 12.1. The maximum Gasteiger partial charge on any atom is 0.191 e. The van der Waals surface area contributed by atoms with Crippen LogP contribution >= 0.6 is 0 Å². The third kappa shape index (κ3) is 11.7. The van der Waals surface area contributed by atoms with Gasteiger partial charge >= 0.3 is 0 Å². The number of ether oxygens (including phenoxy) is 2. The molecule has 108 valence electrons. The van der Waals surface area contributed by atoms with E-state index in [9.17, 15) is 0 Å². The first-order valence-electron chi connectivity index (χ1n) is 6.94. The molecule has 0 aromatic rings. The number of hydrogen-bond donors (Lipinski definition) is 2. The molecule has 0 aromatic heterocycles. The molecule has 0 aromatic carbocycles. The molecule has 0 amide bonds. The van der Waals surface area contributed by atoms with Gasteiger partial charge in [0.25, 0.3) is 0 Å². The van der Waals surface area contributed by atoms with Crippen molar-refractivity contribution in [3.05, 3.63) is 0 Å². The third-order valence-electron chi connectivity index (χ3n) is 2.36. The molecule has 0 bridgehead atoms. The lowest BCUT2D eigenvalue weighted by Gasteiger charge is -2.11. The van der Waals surface area contributed by atoms with Crippen LogP contribution in [0.15, 0.2) is 4.99 Å². The summed E-state index contributed by atoms with van der Waals surface area (Å²) >= 11 is 0. The van der Waals surface area contributed by atoms with Crippen LogP contribution in [0, 0.1) is 0 Å². The van der Waals surface area contributed by atoms with Crippen molar-refractivity contribution in [1.82, 2.24) is 10.6 Å². The summed E-state index contributed by atoms with van der Waals surface area (Å²) in [7, 11) is 1.74. The first-order valence-corrected chi connectivity index (χ1v) is 6.94. The van der Waals surface area contributed by atoms with Gasteiger partial charge in [0.05, 0.1) is 6.61 Å². The monoisotopic (exact) mass is 259 g/mol. The van der Waals surface area contributed by atoms with E-state index in [1.165, 1.54) is 0 Å². The van der Waals surface area contributed by atoms with Gasteiger partial charge in [0, 0.05) is 40.0 Å². The van der Waals surface area contributed by atoms with Crippen LogP contribution in [0.4, 0.5) is 0 Å². The van der Waals surface area contributed by atoms with Crippen LogP contribution in [-0.2, 0) is 9.47 Å². The van der Waals surface area contributed by atoms with Crippen molar-refractivity contribution in [2.75, 3.05) is 46.6 Å². The lowest BCUT2D eigenvalue weighted by Crippen LogP contribution is -2.39.